The molecule has 0 atom stereocenters. The van der Waals surface area contributed by atoms with Crippen LogP contribution in [0, 0.1) is 0 Å². The zero-order valence-corrected chi connectivity index (χ0v) is 17.8. The molecule has 0 unspecified atom stereocenters. The molecule has 0 aromatic carbocycles. The van der Waals surface area contributed by atoms with Gasteiger partial charge in [-0.1, -0.05) is 12.8 Å². The van der Waals surface area contributed by atoms with Gasteiger partial charge in [0.05, 0.1) is 24.7 Å². The third kappa shape index (κ3) is 5.72. The maximum atomic E-state index is 11.8. The molecule has 0 radical (unpaired) electrons. The fourth-order valence-electron chi connectivity index (χ4n) is 3.79. The second kappa shape index (κ2) is 10.3. The Hall–Kier alpha value is -3.14. The predicted octanol–water partition coefficient (Wildman–Crippen LogP) is 2.91. The van der Waals surface area contributed by atoms with E-state index in [4.69, 9.17) is 9.47 Å². The van der Waals surface area contributed by atoms with Gasteiger partial charge in [-0.3, -0.25) is 0 Å². The Labute approximate surface area is 181 Å². The highest BCUT2D eigenvalue weighted by atomic mass is 16.7. The Bertz CT molecular complexity index is 866. The molecule has 2 aliphatic rings. The van der Waals surface area contributed by atoms with Gasteiger partial charge in [-0.2, -0.15) is 4.98 Å². The van der Waals surface area contributed by atoms with E-state index in [2.05, 4.69) is 35.8 Å². The Morgan fingerprint density at radius 1 is 1.19 bits per heavy atom. The molecule has 31 heavy (non-hydrogen) atoms. The van der Waals surface area contributed by atoms with E-state index in [-0.39, 0.29) is 12.4 Å². The van der Waals surface area contributed by atoms with Gasteiger partial charge in [-0.25, -0.2) is 14.8 Å². The van der Waals surface area contributed by atoms with Gasteiger partial charge in [0, 0.05) is 32.2 Å². The monoisotopic (exact) mass is 427 g/mol. The average Bonchev–Trinajstić information content (AvgIpc) is 3.30. The van der Waals surface area contributed by atoms with Crippen molar-refractivity contribution in [3.63, 3.8) is 0 Å². The standard InChI is InChI=1S/C21H29N7O3/c1-2-30-21(29)31-17-14-24-20(27-19(17)25-15-5-3-4-6-15)26-18-8-7-16(13-23-18)28-11-9-22-10-12-28/h7-8,13-15,22H,2-6,9-12H2,1H3,(H2,23,24,25,26,27). The molecule has 2 fully saturated rings. The van der Waals surface area contributed by atoms with Crippen molar-refractivity contribution in [2.45, 2.75) is 38.6 Å². The zero-order chi connectivity index (χ0) is 21.5. The predicted molar refractivity (Wildman–Crippen MR) is 118 cm³/mol. The van der Waals surface area contributed by atoms with Crippen LogP contribution in [0.4, 0.5) is 28.1 Å². The van der Waals surface area contributed by atoms with Crippen LogP contribution in [0.2, 0.25) is 0 Å². The molecule has 0 bridgehead atoms. The minimum Gasteiger partial charge on any atom is -0.434 e. The fraction of sp³-hybridized carbons (Fsp3) is 0.524. The Balaban J connectivity index is 1.47. The number of nitrogens with one attached hydrogen (secondary N) is 3. The maximum absolute atomic E-state index is 11.8. The lowest BCUT2D eigenvalue weighted by Gasteiger charge is -2.29. The van der Waals surface area contributed by atoms with Gasteiger partial charge in [-0.15, -0.1) is 0 Å². The lowest BCUT2D eigenvalue weighted by atomic mass is 10.2. The number of carbonyl (C=O) groups is 1. The van der Waals surface area contributed by atoms with Gasteiger partial charge in [-0.05, 0) is 31.9 Å². The molecule has 166 valence electrons. The van der Waals surface area contributed by atoms with Crippen molar-refractivity contribution >= 4 is 29.4 Å². The van der Waals surface area contributed by atoms with Crippen LogP contribution in [0.25, 0.3) is 0 Å². The van der Waals surface area contributed by atoms with Gasteiger partial charge in [0.25, 0.3) is 0 Å². The molecule has 4 rings (SSSR count). The van der Waals surface area contributed by atoms with E-state index in [0.29, 0.717) is 23.6 Å². The Morgan fingerprint density at radius 3 is 2.71 bits per heavy atom. The number of hydrogen-bond acceptors (Lipinski definition) is 10. The SMILES string of the molecule is CCOC(=O)Oc1cnc(Nc2ccc(N3CCNCC3)cn2)nc1NC1CCCC1. The number of carbonyl (C=O) groups excluding carboxylic acids is 1. The number of rotatable bonds is 7. The second-order valence-electron chi connectivity index (χ2n) is 7.58. The Kier molecular flexibility index (Phi) is 6.98. The molecular weight excluding hydrogens is 398 g/mol. The molecule has 1 aliphatic heterocycles. The summed E-state index contributed by atoms with van der Waals surface area (Å²) >= 11 is 0. The van der Waals surface area contributed by atoms with Crippen molar-refractivity contribution in [1.29, 1.82) is 0 Å². The van der Waals surface area contributed by atoms with Crippen molar-refractivity contribution < 1.29 is 14.3 Å². The summed E-state index contributed by atoms with van der Waals surface area (Å²) in [6, 6.07) is 4.24. The van der Waals surface area contributed by atoms with Crippen LogP contribution in [0.5, 0.6) is 5.75 Å². The van der Waals surface area contributed by atoms with Crippen molar-refractivity contribution in [3.05, 3.63) is 24.5 Å². The lowest BCUT2D eigenvalue weighted by molar-refractivity contribution is 0.104. The summed E-state index contributed by atoms with van der Waals surface area (Å²) in [6.07, 6.45) is 7.01. The molecule has 2 aromatic heterocycles. The number of hydrogen-bond donors (Lipinski definition) is 3. The first-order valence-corrected chi connectivity index (χ1v) is 10.9. The second-order valence-corrected chi connectivity index (χ2v) is 7.58. The summed E-state index contributed by atoms with van der Waals surface area (Å²) in [7, 11) is 0. The van der Waals surface area contributed by atoms with E-state index in [9.17, 15) is 4.79 Å². The molecule has 1 saturated carbocycles. The summed E-state index contributed by atoms with van der Waals surface area (Å²) in [5.74, 6) is 1.73. The molecule has 0 amide bonds. The van der Waals surface area contributed by atoms with E-state index in [1.807, 2.05) is 18.3 Å². The fourth-order valence-corrected chi connectivity index (χ4v) is 3.79. The molecule has 3 heterocycles. The van der Waals surface area contributed by atoms with Crippen molar-refractivity contribution in [3.8, 4) is 5.75 Å². The first kappa shape index (κ1) is 21.1. The van der Waals surface area contributed by atoms with Crippen molar-refractivity contribution in [1.82, 2.24) is 20.3 Å². The summed E-state index contributed by atoms with van der Waals surface area (Å²) in [6.45, 7) is 5.85. The smallest absolute Gasteiger partial charge is 0.434 e. The van der Waals surface area contributed by atoms with E-state index in [1.54, 1.807) is 6.92 Å². The van der Waals surface area contributed by atoms with Crippen LogP contribution < -0.4 is 25.6 Å². The molecular formula is C21H29N7O3. The molecule has 2 aromatic rings. The summed E-state index contributed by atoms with van der Waals surface area (Å²) < 4.78 is 10.2. The topological polar surface area (TPSA) is 114 Å². The highest BCUT2D eigenvalue weighted by Gasteiger charge is 2.20. The van der Waals surface area contributed by atoms with Crippen LogP contribution in [-0.2, 0) is 4.74 Å². The van der Waals surface area contributed by atoms with Gasteiger partial charge in [0.1, 0.15) is 5.82 Å². The summed E-state index contributed by atoms with van der Waals surface area (Å²) in [5.41, 5.74) is 1.09. The highest BCUT2D eigenvalue weighted by Crippen LogP contribution is 2.29. The normalized spacial score (nSPS) is 16.7. The number of pyridine rings is 1. The zero-order valence-electron chi connectivity index (χ0n) is 17.8. The first-order chi connectivity index (χ1) is 15.2. The average molecular weight is 428 g/mol. The third-order valence-electron chi connectivity index (χ3n) is 5.38. The van der Waals surface area contributed by atoms with E-state index in [1.165, 1.54) is 19.0 Å². The number of nitrogens with zero attached hydrogens (tertiary/aromatic N) is 4. The van der Waals surface area contributed by atoms with Gasteiger partial charge >= 0.3 is 6.16 Å². The maximum Gasteiger partial charge on any atom is 0.514 e. The summed E-state index contributed by atoms with van der Waals surface area (Å²) in [4.78, 5) is 27.4. The Morgan fingerprint density at radius 2 is 2.00 bits per heavy atom. The molecule has 0 spiro atoms. The van der Waals surface area contributed by atoms with Crippen LogP contribution in [0.1, 0.15) is 32.6 Å². The molecule has 1 saturated heterocycles. The minimum atomic E-state index is -0.772. The van der Waals surface area contributed by atoms with Crippen LogP contribution in [0.3, 0.4) is 0 Å². The number of aromatic nitrogens is 3. The molecule has 1 aliphatic carbocycles. The van der Waals surface area contributed by atoms with E-state index in [0.717, 1.165) is 44.7 Å². The highest BCUT2D eigenvalue weighted by molar-refractivity contribution is 5.68. The molecule has 3 N–H and O–H groups in total. The largest absolute Gasteiger partial charge is 0.514 e. The number of anilines is 4. The van der Waals surface area contributed by atoms with Crippen molar-refractivity contribution in [2.24, 2.45) is 0 Å². The molecule has 10 nitrogen and oxygen atoms in total. The molecule has 10 heteroatoms. The quantitative estimate of drug-likeness (QED) is 0.570. The van der Waals surface area contributed by atoms with E-state index < -0.39 is 6.16 Å². The lowest BCUT2D eigenvalue weighted by Crippen LogP contribution is -2.43. The minimum absolute atomic E-state index is 0.236. The number of ether oxygens (including phenoxy) is 2. The number of piperazine rings is 1. The first-order valence-electron chi connectivity index (χ1n) is 10.9. The third-order valence-corrected chi connectivity index (χ3v) is 5.38. The van der Waals surface area contributed by atoms with Crippen LogP contribution in [-0.4, -0.2) is 59.9 Å². The van der Waals surface area contributed by atoms with Crippen molar-refractivity contribution in [2.75, 3.05) is 48.3 Å². The van der Waals surface area contributed by atoms with Gasteiger partial charge < -0.3 is 30.3 Å². The van der Waals surface area contributed by atoms with E-state index >= 15 is 0 Å². The van der Waals surface area contributed by atoms with Gasteiger partial charge in [0.15, 0.2) is 11.6 Å². The van der Waals surface area contributed by atoms with Crippen LogP contribution in [0.15, 0.2) is 24.5 Å². The van der Waals surface area contributed by atoms with Gasteiger partial charge in [0.2, 0.25) is 5.95 Å². The van der Waals surface area contributed by atoms with Crippen LogP contribution >= 0.6 is 0 Å². The summed E-state index contributed by atoms with van der Waals surface area (Å²) in [5, 5.41) is 9.85.